The van der Waals surface area contributed by atoms with Gasteiger partial charge in [0.1, 0.15) is 0 Å². The molecule has 1 rings (SSSR count). The number of hydrogen-bond acceptors (Lipinski definition) is 3. The molecule has 0 saturated carbocycles. The van der Waals surface area contributed by atoms with Gasteiger partial charge < -0.3 is 5.32 Å². The van der Waals surface area contributed by atoms with Crippen LogP contribution >= 0.6 is 0 Å². The molecule has 1 heterocycles. The number of carbonyl (C=O) groups is 2. The lowest BCUT2D eigenvalue weighted by molar-refractivity contribution is -0.139. The molecule has 1 unspecified atom stereocenters. The standard InChI is InChI=1S/C11H20N2O2/c1-5-6-13-9(14)7-8(10(13)15)12-11(2,3)4/h8,12H,5-7H2,1-4H3. The van der Waals surface area contributed by atoms with E-state index in [1.165, 1.54) is 4.90 Å². The zero-order valence-electron chi connectivity index (χ0n) is 9.96. The highest BCUT2D eigenvalue weighted by Gasteiger charge is 2.39. The summed E-state index contributed by atoms with van der Waals surface area (Å²) in [4.78, 5) is 24.7. The van der Waals surface area contributed by atoms with Crippen molar-refractivity contribution in [3.8, 4) is 0 Å². The summed E-state index contributed by atoms with van der Waals surface area (Å²) in [5, 5.41) is 3.17. The molecule has 1 saturated heterocycles. The van der Waals surface area contributed by atoms with Crippen LogP contribution in [-0.2, 0) is 9.59 Å². The van der Waals surface area contributed by atoms with Crippen molar-refractivity contribution in [3.63, 3.8) is 0 Å². The van der Waals surface area contributed by atoms with E-state index in [0.717, 1.165) is 6.42 Å². The van der Waals surface area contributed by atoms with Crippen LogP contribution in [0.1, 0.15) is 40.5 Å². The number of imide groups is 1. The van der Waals surface area contributed by atoms with E-state index in [1.54, 1.807) is 0 Å². The normalized spacial score (nSPS) is 22.7. The number of amides is 2. The third kappa shape index (κ3) is 3.02. The lowest BCUT2D eigenvalue weighted by atomic mass is 10.1. The number of likely N-dealkylation sites (tertiary alicyclic amines) is 1. The van der Waals surface area contributed by atoms with Gasteiger partial charge in [0.25, 0.3) is 0 Å². The van der Waals surface area contributed by atoms with Gasteiger partial charge in [-0.3, -0.25) is 14.5 Å². The van der Waals surface area contributed by atoms with Crippen LogP contribution in [0.5, 0.6) is 0 Å². The second-order valence-corrected chi connectivity index (χ2v) is 5.03. The Bertz CT molecular complexity index is 268. The Labute approximate surface area is 91.0 Å². The zero-order chi connectivity index (χ0) is 11.6. The maximum absolute atomic E-state index is 11.8. The van der Waals surface area contributed by atoms with Crippen molar-refractivity contribution in [3.05, 3.63) is 0 Å². The van der Waals surface area contributed by atoms with Crippen LogP contribution in [0.3, 0.4) is 0 Å². The minimum atomic E-state index is -0.330. The molecule has 0 aromatic carbocycles. The number of nitrogens with zero attached hydrogens (tertiary/aromatic N) is 1. The van der Waals surface area contributed by atoms with Crippen molar-refractivity contribution in [2.45, 2.75) is 52.1 Å². The molecule has 0 bridgehead atoms. The van der Waals surface area contributed by atoms with Gasteiger partial charge in [-0.15, -0.1) is 0 Å². The third-order valence-corrected chi connectivity index (χ3v) is 2.30. The SMILES string of the molecule is CCCN1C(=O)CC(NC(C)(C)C)C1=O. The predicted octanol–water partition coefficient (Wildman–Crippen LogP) is 0.912. The molecule has 0 aromatic rings. The highest BCUT2D eigenvalue weighted by atomic mass is 16.2. The van der Waals surface area contributed by atoms with Gasteiger partial charge in [-0.25, -0.2) is 0 Å². The minimum Gasteiger partial charge on any atom is -0.301 e. The van der Waals surface area contributed by atoms with Crippen molar-refractivity contribution in [2.75, 3.05) is 6.54 Å². The van der Waals surface area contributed by atoms with Crippen LogP contribution < -0.4 is 5.32 Å². The summed E-state index contributed by atoms with van der Waals surface area (Å²) >= 11 is 0. The summed E-state index contributed by atoms with van der Waals surface area (Å²) in [5.41, 5.74) is -0.136. The molecule has 0 radical (unpaired) electrons. The summed E-state index contributed by atoms with van der Waals surface area (Å²) in [6, 6.07) is -0.330. The third-order valence-electron chi connectivity index (χ3n) is 2.30. The first-order chi connectivity index (χ1) is 6.85. The summed E-state index contributed by atoms with van der Waals surface area (Å²) < 4.78 is 0. The fourth-order valence-electron chi connectivity index (χ4n) is 1.78. The van der Waals surface area contributed by atoms with Crippen LogP contribution in [0.2, 0.25) is 0 Å². The summed E-state index contributed by atoms with van der Waals surface area (Å²) in [7, 11) is 0. The van der Waals surface area contributed by atoms with Gasteiger partial charge in [-0.1, -0.05) is 6.92 Å². The van der Waals surface area contributed by atoms with E-state index in [9.17, 15) is 9.59 Å². The van der Waals surface area contributed by atoms with Gasteiger partial charge in [0.15, 0.2) is 0 Å². The zero-order valence-corrected chi connectivity index (χ0v) is 9.96. The molecule has 1 aliphatic rings. The molecular weight excluding hydrogens is 192 g/mol. The van der Waals surface area contributed by atoms with Gasteiger partial charge in [-0.2, -0.15) is 0 Å². The molecular formula is C11H20N2O2. The van der Waals surface area contributed by atoms with Crippen molar-refractivity contribution < 1.29 is 9.59 Å². The fourth-order valence-corrected chi connectivity index (χ4v) is 1.78. The number of carbonyl (C=O) groups excluding carboxylic acids is 2. The first-order valence-corrected chi connectivity index (χ1v) is 5.47. The largest absolute Gasteiger partial charge is 0.301 e. The van der Waals surface area contributed by atoms with E-state index in [2.05, 4.69) is 5.32 Å². The highest BCUT2D eigenvalue weighted by molar-refractivity contribution is 6.05. The van der Waals surface area contributed by atoms with E-state index in [-0.39, 0.29) is 23.4 Å². The first-order valence-electron chi connectivity index (χ1n) is 5.47. The van der Waals surface area contributed by atoms with Crippen molar-refractivity contribution in [1.29, 1.82) is 0 Å². The van der Waals surface area contributed by atoms with Gasteiger partial charge in [0.2, 0.25) is 11.8 Å². The minimum absolute atomic E-state index is 0.0522. The van der Waals surface area contributed by atoms with Crippen LogP contribution in [0.25, 0.3) is 0 Å². The molecule has 0 aliphatic carbocycles. The highest BCUT2D eigenvalue weighted by Crippen LogP contribution is 2.16. The quantitative estimate of drug-likeness (QED) is 0.707. The second kappa shape index (κ2) is 4.31. The maximum atomic E-state index is 11.8. The topological polar surface area (TPSA) is 49.4 Å². The predicted molar refractivity (Wildman–Crippen MR) is 58.3 cm³/mol. The Kier molecular flexibility index (Phi) is 3.50. The Morgan fingerprint density at radius 2 is 2.00 bits per heavy atom. The molecule has 0 spiro atoms. The average molecular weight is 212 g/mol. The van der Waals surface area contributed by atoms with Crippen molar-refractivity contribution in [1.82, 2.24) is 10.2 Å². The smallest absolute Gasteiger partial charge is 0.246 e. The van der Waals surface area contributed by atoms with E-state index in [4.69, 9.17) is 0 Å². The van der Waals surface area contributed by atoms with Gasteiger partial charge in [0, 0.05) is 12.1 Å². The maximum Gasteiger partial charge on any atom is 0.246 e. The molecule has 86 valence electrons. The van der Waals surface area contributed by atoms with Gasteiger partial charge >= 0.3 is 0 Å². The molecule has 1 atom stereocenters. The monoisotopic (exact) mass is 212 g/mol. The first kappa shape index (κ1) is 12.2. The summed E-state index contributed by atoms with van der Waals surface area (Å²) in [6.45, 7) is 8.48. The molecule has 15 heavy (non-hydrogen) atoms. The molecule has 1 aliphatic heterocycles. The molecule has 1 N–H and O–H groups in total. The molecule has 0 aromatic heterocycles. The van der Waals surface area contributed by atoms with Crippen LogP contribution in [0.4, 0.5) is 0 Å². The Hall–Kier alpha value is -0.900. The van der Waals surface area contributed by atoms with E-state index >= 15 is 0 Å². The van der Waals surface area contributed by atoms with E-state index < -0.39 is 0 Å². The second-order valence-electron chi connectivity index (χ2n) is 5.03. The number of hydrogen-bond donors (Lipinski definition) is 1. The lowest BCUT2D eigenvalue weighted by Crippen LogP contribution is -2.47. The number of rotatable bonds is 3. The molecule has 1 fully saturated rings. The van der Waals surface area contributed by atoms with E-state index in [1.807, 2.05) is 27.7 Å². The van der Waals surface area contributed by atoms with Crippen LogP contribution in [-0.4, -0.2) is 34.8 Å². The number of nitrogens with one attached hydrogen (secondary N) is 1. The average Bonchev–Trinajstić information content (AvgIpc) is 2.30. The molecule has 4 nitrogen and oxygen atoms in total. The molecule has 2 amide bonds. The lowest BCUT2D eigenvalue weighted by Gasteiger charge is -2.24. The van der Waals surface area contributed by atoms with Crippen molar-refractivity contribution in [2.24, 2.45) is 0 Å². The summed E-state index contributed by atoms with van der Waals surface area (Å²) in [5.74, 6) is -0.125. The van der Waals surface area contributed by atoms with Crippen LogP contribution in [0, 0.1) is 0 Å². The summed E-state index contributed by atoms with van der Waals surface area (Å²) in [6.07, 6.45) is 1.12. The Morgan fingerprint density at radius 3 is 2.47 bits per heavy atom. The van der Waals surface area contributed by atoms with Crippen molar-refractivity contribution >= 4 is 11.8 Å². The van der Waals surface area contributed by atoms with Gasteiger partial charge in [0.05, 0.1) is 12.5 Å². The Morgan fingerprint density at radius 1 is 1.40 bits per heavy atom. The van der Waals surface area contributed by atoms with Crippen LogP contribution in [0.15, 0.2) is 0 Å². The van der Waals surface area contributed by atoms with Gasteiger partial charge in [-0.05, 0) is 27.2 Å². The Balaban J connectivity index is 2.65. The van der Waals surface area contributed by atoms with E-state index in [0.29, 0.717) is 13.0 Å². The fraction of sp³-hybridized carbons (Fsp3) is 0.818. The molecule has 4 heteroatoms.